The Hall–Kier alpha value is -2.80. The molecule has 1 heterocycles. The van der Waals surface area contributed by atoms with Crippen molar-refractivity contribution < 1.29 is 9.53 Å². The molecule has 28 heavy (non-hydrogen) atoms. The number of aromatic amines is 1. The summed E-state index contributed by atoms with van der Waals surface area (Å²) in [5.41, 5.74) is 3.24. The molecule has 0 bridgehead atoms. The SMILES string of the molecule is CCc1ccc(-c2nc(SCC(=O)N(C)Cc3ccccc3OC)n[nH]2)cc1. The van der Waals surface area contributed by atoms with E-state index in [0.717, 1.165) is 23.3 Å². The molecule has 3 rings (SSSR count). The van der Waals surface area contributed by atoms with Gasteiger partial charge in [-0.15, -0.1) is 5.10 Å². The molecule has 6 nitrogen and oxygen atoms in total. The van der Waals surface area contributed by atoms with Gasteiger partial charge in [0, 0.05) is 24.7 Å². The van der Waals surface area contributed by atoms with Crippen LogP contribution in [-0.4, -0.2) is 45.9 Å². The van der Waals surface area contributed by atoms with Crippen LogP contribution in [0.1, 0.15) is 18.1 Å². The smallest absolute Gasteiger partial charge is 0.233 e. The van der Waals surface area contributed by atoms with Crippen molar-refractivity contribution in [2.24, 2.45) is 0 Å². The third-order valence-electron chi connectivity index (χ3n) is 4.45. The Kier molecular flexibility index (Phi) is 6.71. The van der Waals surface area contributed by atoms with Crippen molar-refractivity contribution >= 4 is 17.7 Å². The van der Waals surface area contributed by atoms with Crippen molar-refractivity contribution in [2.45, 2.75) is 25.0 Å². The minimum absolute atomic E-state index is 0.00885. The van der Waals surface area contributed by atoms with Crippen LogP contribution in [0.2, 0.25) is 0 Å². The lowest BCUT2D eigenvalue weighted by Gasteiger charge is -2.18. The Morgan fingerprint density at radius 3 is 2.64 bits per heavy atom. The van der Waals surface area contributed by atoms with Crippen molar-refractivity contribution in [1.82, 2.24) is 20.1 Å². The summed E-state index contributed by atoms with van der Waals surface area (Å²) in [5.74, 6) is 1.77. The van der Waals surface area contributed by atoms with Crippen LogP contribution in [0.5, 0.6) is 5.75 Å². The van der Waals surface area contributed by atoms with Crippen molar-refractivity contribution in [1.29, 1.82) is 0 Å². The molecule has 1 aromatic heterocycles. The molecular weight excluding hydrogens is 372 g/mol. The lowest BCUT2D eigenvalue weighted by molar-refractivity contribution is -0.127. The summed E-state index contributed by atoms with van der Waals surface area (Å²) in [5, 5.41) is 7.72. The summed E-state index contributed by atoms with van der Waals surface area (Å²) >= 11 is 1.32. The molecule has 0 aliphatic carbocycles. The van der Waals surface area contributed by atoms with E-state index < -0.39 is 0 Å². The maximum absolute atomic E-state index is 12.5. The van der Waals surface area contributed by atoms with Gasteiger partial charge in [0.15, 0.2) is 5.82 Å². The summed E-state index contributed by atoms with van der Waals surface area (Å²) < 4.78 is 5.35. The van der Waals surface area contributed by atoms with Crippen LogP contribution in [0, 0.1) is 0 Å². The monoisotopic (exact) mass is 396 g/mol. The summed E-state index contributed by atoms with van der Waals surface area (Å²) in [7, 11) is 3.42. The van der Waals surface area contributed by atoms with E-state index in [4.69, 9.17) is 4.74 Å². The zero-order valence-corrected chi connectivity index (χ0v) is 17.1. The van der Waals surface area contributed by atoms with Crippen LogP contribution in [0.15, 0.2) is 53.7 Å². The molecule has 0 aliphatic rings. The Morgan fingerprint density at radius 1 is 1.18 bits per heavy atom. The molecule has 0 unspecified atom stereocenters. The average molecular weight is 397 g/mol. The maximum Gasteiger partial charge on any atom is 0.233 e. The lowest BCUT2D eigenvalue weighted by atomic mass is 10.1. The topological polar surface area (TPSA) is 71.1 Å². The number of benzene rings is 2. The third kappa shape index (κ3) is 4.92. The molecule has 1 amide bonds. The van der Waals surface area contributed by atoms with Gasteiger partial charge >= 0.3 is 0 Å². The molecule has 1 N–H and O–H groups in total. The van der Waals surface area contributed by atoms with Gasteiger partial charge in [-0.05, 0) is 18.1 Å². The highest BCUT2D eigenvalue weighted by molar-refractivity contribution is 7.99. The van der Waals surface area contributed by atoms with E-state index in [9.17, 15) is 4.79 Å². The first-order valence-electron chi connectivity index (χ1n) is 9.11. The van der Waals surface area contributed by atoms with Crippen molar-refractivity contribution in [3.05, 3.63) is 59.7 Å². The fourth-order valence-corrected chi connectivity index (χ4v) is 3.49. The van der Waals surface area contributed by atoms with Crippen LogP contribution in [0.3, 0.4) is 0 Å². The number of hydrogen-bond donors (Lipinski definition) is 1. The number of hydrogen-bond acceptors (Lipinski definition) is 5. The molecule has 0 aliphatic heterocycles. The van der Waals surface area contributed by atoms with E-state index in [1.54, 1.807) is 19.1 Å². The highest BCUT2D eigenvalue weighted by atomic mass is 32.2. The number of carbonyl (C=O) groups is 1. The van der Waals surface area contributed by atoms with E-state index in [0.29, 0.717) is 17.5 Å². The van der Waals surface area contributed by atoms with Gasteiger partial charge in [-0.1, -0.05) is 61.2 Å². The van der Waals surface area contributed by atoms with Gasteiger partial charge in [0.25, 0.3) is 0 Å². The Labute approximate surface area is 169 Å². The number of nitrogens with zero attached hydrogens (tertiary/aromatic N) is 3. The van der Waals surface area contributed by atoms with Gasteiger partial charge < -0.3 is 9.64 Å². The minimum Gasteiger partial charge on any atom is -0.496 e. The second-order valence-electron chi connectivity index (χ2n) is 6.37. The van der Waals surface area contributed by atoms with Gasteiger partial charge in [-0.25, -0.2) is 4.98 Å². The van der Waals surface area contributed by atoms with Gasteiger partial charge in [0.1, 0.15) is 5.75 Å². The molecule has 7 heteroatoms. The molecule has 146 valence electrons. The van der Waals surface area contributed by atoms with Crippen molar-refractivity contribution in [3.8, 4) is 17.1 Å². The van der Waals surface area contributed by atoms with Crippen LogP contribution < -0.4 is 4.74 Å². The maximum atomic E-state index is 12.5. The number of ether oxygens (including phenoxy) is 1. The van der Waals surface area contributed by atoms with E-state index in [-0.39, 0.29) is 11.7 Å². The molecule has 0 fully saturated rings. The standard InChI is InChI=1S/C21H24N4O2S/c1-4-15-9-11-16(12-10-15)20-22-21(24-23-20)28-14-19(26)25(2)13-17-7-5-6-8-18(17)27-3/h5-12H,4,13-14H2,1-3H3,(H,22,23,24). The van der Waals surface area contributed by atoms with E-state index in [1.807, 2.05) is 36.4 Å². The summed E-state index contributed by atoms with van der Waals surface area (Å²) in [6, 6.07) is 15.9. The zero-order chi connectivity index (χ0) is 19.9. The van der Waals surface area contributed by atoms with Gasteiger partial charge in [0.05, 0.1) is 12.9 Å². The first kappa shape index (κ1) is 19.9. The summed E-state index contributed by atoms with van der Waals surface area (Å²) in [6.07, 6.45) is 1.00. The molecule has 0 atom stereocenters. The number of thioether (sulfide) groups is 1. The van der Waals surface area contributed by atoms with Crippen LogP contribution in [0.4, 0.5) is 0 Å². The van der Waals surface area contributed by atoms with Crippen LogP contribution in [0.25, 0.3) is 11.4 Å². The average Bonchev–Trinajstić information content (AvgIpc) is 3.21. The number of rotatable bonds is 8. The van der Waals surface area contributed by atoms with E-state index in [2.05, 4.69) is 34.2 Å². The number of nitrogens with one attached hydrogen (secondary N) is 1. The van der Waals surface area contributed by atoms with Gasteiger partial charge in [-0.3, -0.25) is 9.89 Å². The first-order chi connectivity index (χ1) is 13.6. The fraction of sp³-hybridized carbons (Fsp3) is 0.286. The van der Waals surface area contributed by atoms with E-state index >= 15 is 0 Å². The summed E-state index contributed by atoms with van der Waals surface area (Å²) in [4.78, 5) is 18.6. The minimum atomic E-state index is 0.00885. The number of methoxy groups -OCH3 is 1. The number of amides is 1. The Bertz CT molecular complexity index is 924. The second-order valence-corrected chi connectivity index (χ2v) is 7.31. The van der Waals surface area contributed by atoms with Crippen molar-refractivity contribution in [3.63, 3.8) is 0 Å². The second kappa shape index (κ2) is 9.41. The Morgan fingerprint density at radius 2 is 1.93 bits per heavy atom. The normalized spacial score (nSPS) is 10.7. The predicted molar refractivity (Wildman–Crippen MR) is 111 cm³/mol. The number of H-pyrrole nitrogens is 1. The van der Waals surface area contributed by atoms with Gasteiger partial charge in [0.2, 0.25) is 11.1 Å². The van der Waals surface area contributed by atoms with Crippen molar-refractivity contribution in [2.75, 3.05) is 19.9 Å². The summed E-state index contributed by atoms with van der Waals surface area (Å²) in [6.45, 7) is 2.62. The van der Waals surface area contributed by atoms with Crippen LogP contribution in [-0.2, 0) is 17.8 Å². The van der Waals surface area contributed by atoms with E-state index in [1.165, 1.54) is 17.3 Å². The largest absolute Gasteiger partial charge is 0.496 e. The van der Waals surface area contributed by atoms with Crippen LogP contribution >= 0.6 is 11.8 Å². The molecule has 0 spiro atoms. The number of para-hydroxylation sites is 1. The van der Waals surface area contributed by atoms with Gasteiger partial charge in [-0.2, -0.15) is 0 Å². The number of aromatic nitrogens is 3. The highest BCUT2D eigenvalue weighted by Crippen LogP contribution is 2.22. The molecule has 0 radical (unpaired) electrons. The highest BCUT2D eigenvalue weighted by Gasteiger charge is 2.14. The molecule has 2 aromatic carbocycles. The lowest BCUT2D eigenvalue weighted by Crippen LogP contribution is -2.28. The molecule has 0 saturated carbocycles. The quantitative estimate of drug-likeness (QED) is 0.587. The third-order valence-corrected chi connectivity index (χ3v) is 5.28. The number of carbonyl (C=O) groups excluding carboxylic acids is 1. The predicted octanol–water partition coefficient (Wildman–Crippen LogP) is 3.79. The molecule has 3 aromatic rings. The molecular formula is C21H24N4O2S. The Balaban J connectivity index is 1.56. The first-order valence-corrected chi connectivity index (χ1v) is 10.1. The zero-order valence-electron chi connectivity index (χ0n) is 16.3. The molecule has 0 saturated heterocycles. The fourth-order valence-electron chi connectivity index (χ4n) is 2.75. The number of aryl methyl sites for hydroxylation is 1.